The number of halogens is 4. The van der Waals surface area contributed by atoms with Crippen LogP contribution in [-0.4, -0.2) is 35.8 Å². The van der Waals surface area contributed by atoms with Crippen molar-refractivity contribution in [2.24, 2.45) is 0 Å². The molecule has 0 N–H and O–H groups in total. The average Bonchev–Trinajstić information content (AvgIpc) is 1.61. The average molecular weight is 1460 g/mol. The summed E-state index contributed by atoms with van der Waals surface area (Å²) in [5.74, 6) is -3.68. The van der Waals surface area contributed by atoms with Gasteiger partial charge < -0.3 is 24.7 Å². The van der Waals surface area contributed by atoms with Crippen LogP contribution >= 0.6 is 24.1 Å². The van der Waals surface area contributed by atoms with Crippen molar-refractivity contribution in [3.05, 3.63) is 284 Å². The number of rotatable bonds is 19. The second-order valence-electron chi connectivity index (χ2n) is 17.5. The zero-order valence-electron chi connectivity index (χ0n) is 56.1. The third-order valence-electron chi connectivity index (χ3n) is 12.2. The van der Waals surface area contributed by atoms with E-state index in [0.717, 1.165) is 33.0 Å². The molecular formula is C81H102F4O11S4. The smallest absolute Gasteiger partial charge is 0.415 e. The van der Waals surface area contributed by atoms with Crippen molar-refractivity contribution < 1.29 is 70.6 Å². The van der Waals surface area contributed by atoms with Crippen molar-refractivity contribution in [3.8, 4) is 16.9 Å². The number of hydrogen-bond donors (Lipinski definition) is 0. The van der Waals surface area contributed by atoms with Gasteiger partial charge in [-0.3, -0.25) is 10.1 Å². The molecule has 1 aliphatic rings. The SMILES string of the molecule is C.C.C.C.CC.CC.CC.CC.CC.CC.O=C(OCC1c2ccccc2-c2ccccc21)C(F)(F)SOO[O-].O=C(OCOc1cccc2ccccc12)C(F)(F)SOO[O-].c1ccc([S+](c2ccccc2)c2ccccc2)cc1.c1ccc([S+](c2ccccc2)c2ccccc2)cc1. The molecule has 19 heteroatoms. The number of ether oxygens (including phenoxy) is 3. The van der Waals surface area contributed by atoms with E-state index in [1.807, 2.05) is 150 Å². The van der Waals surface area contributed by atoms with E-state index in [2.05, 4.69) is 205 Å². The first kappa shape index (κ1) is 96.3. The first-order valence-corrected chi connectivity index (χ1v) is 35.4. The highest BCUT2D eigenvalue weighted by atomic mass is 32.2. The lowest BCUT2D eigenvalue weighted by Crippen LogP contribution is -2.29. The standard InChI is InChI=1S/2C18H15S.C16H12F2O5S.C13H10F2O6S.6C2H6.4CH4/c2*1-4-10-16(11-5-1)19(17-12-6-2-7-13-17)18-14-8-3-9-15-18;17-16(18,24-23-22-20)15(19)21-9-14-12-7-3-1-5-10(12)11-6-2-4-8-13(11)14;14-13(15,22-21-20-17)12(16)19-8-18-11-7-3-5-9-4-1-2-6-10(9)11;6*1-2;;;;/h2*1-15H;1-8,14,20H,9H2;1-7,17H,8H2;6*1-2H3;4*1H4/q2*+1;;;;;;;;;;;;/p-2. The van der Waals surface area contributed by atoms with E-state index in [1.165, 1.54) is 29.4 Å². The molecule has 0 aliphatic heterocycles. The number of benzene rings is 10. The number of hydrogen-bond acceptors (Lipinski definition) is 13. The molecule has 10 aromatic carbocycles. The van der Waals surface area contributed by atoms with Crippen molar-refractivity contribution in [3.63, 3.8) is 0 Å². The normalized spacial score (nSPS) is 10.1. The van der Waals surface area contributed by atoms with Gasteiger partial charge in [-0.25, -0.2) is 9.59 Å². The Morgan fingerprint density at radius 2 is 0.640 bits per heavy atom. The van der Waals surface area contributed by atoms with Gasteiger partial charge in [0.05, 0.1) is 21.8 Å². The summed E-state index contributed by atoms with van der Waals surface area (Å²) in [5.41, 5.74) is 3.78. The van der Waals surface area contributed by atoms with Gasteiger partial charge >= 0.3 is 22.4 Å². The van der Waals surface area contributed by atoms with E-state index in [-0.39, 0.29) is 64.0 Å². The van der Waals surface area contributed by atoms with E-state index in [4.69, 9.17) is 9.47 Å². The lowest BCUT2D eigenvalue weighted by atomic mass is 9.98. The Bertz CT molecular complexity index is 3260. The Hall–Kier alpha value is -7.92. The van der Waals surface area contributed by atoms with Crippen molar-refractivity contribution in [2.75, 3.05) is 13.4 Å². The van der Waals surface area contributed by atoms with Crippen LogP contribution in [0.5, 0.6) is 5.75 Å². The fourth-order valence-corrected chi connectivity index (χ4v) is 13.3. The van der Waals surface area contributed by atoms with Crippen LogP contribution in [0.4, 0.5) is 17.6 Å². The minimum Gasteiger partial charge on any atom is -0.691 e. The van der Waals surface area contributed by atoms with Crippen LogP contribution in [0.3, 0.4) is 0 Å². The van der Waals surface area contributed by atoms with Gasteiger partial charge in [0, 0.05) is 11.3 Å². The molecule has 11 rings (SSSR count). The number of carbonyl (C=O) groups is 2. The van der Waals surface area contributed by atoms with Crippen LogP contribution in [0.25, 0.3) is 21.9 Å². The van der Waals surface area contributed by atoms with Crippen LogP contribution in [0.1, 0.15) is 130 Å². The Labute approximate surface area is 608 Å². The predicted molar refractivity (Wildman–Crippen MR) is 408 cm³/mol. The highest BCUT2D eigenvalue weighted by molar-refractivity contribution is 7.97. The third kappa shape index (κ3) is 30.9. The molecule has 0 saturated carbocycles. The van der Waals surface area contributed by atoms with Crippen LogP contribution in [0.2, 0.25) is 0 Å². The first-order chi connectivity index (χ1) is 47.0. The molecule has 0 saturated heterocycles. The van der Waals surface area contributed by atoms with Crippen molar-refractivity contribution in [1.29, 1.82) is 0 Å². The molecule has 0 amide bonds. The minimum atomic E-state index is -4.09. The molecule has 544 valence electrons. The Morgan fingerprint density at radius 3 is 0.960 bits per heavy atom. The summed E-state index contributed by atoms with van der Waals surface area (Å²) >= 11 is -1.46. The number of esters is 2. The summed E-state index contributed by atoms with van der Waals surface area (Å²) < 4.78 is 74.1. The molecular weight excluding hydrogens is 1350 g/mol. The summed E-state index contributed by atoms with van der Waals surface area (Å²) in [6.07, 6.45) is 0. The van der Waals surface area contributed by atoms with Gasteiger partial charge in [0.25, 0.3) is 0 Å². The van der Waals surface area contributed by atoms with Gasteiger partial charge in [0.1, 0.15) is 36.4 Å². The lowest BCUT2D eigenvalue weighted by Gasteiger charge is -2.17. The number of fused-ring (bicyclic) bond motifs is 4. The largest absolute Gasteiger partial charge is 0.691 e. The predicted octanol–water partition coefficient (Wildman–Crippen LogP) is 23.3. The topological polar surface area (TPSA) is 145 Å². The van der Waals surface area contributed by atoms with E-state index >= 15 is 0 Å². The minimum absolute atomic E-state index is 0. The molecule has 0 unspecified atom stereocenters. The van der Waals surface area contributed by atoms with Crippen LogP contribution < -0.4 is 15.3 Å². The maximum Gasteiger partial charge on any atom is 0.415 e. The monoisotopic (exact) mass is 1450 g/mol. The zero-order valence-corrected chi connectivity index (χ0v) is 59.4. The molecule has 1 aliphatic carbocycles. The summed E-state index contributed by atoms with van der Waals surface area (Å²) in [7, 11) is -0.0293. The maximum atomic E-state index is 13.4. The second-order valence-corrected chi connectivity index (χ2v) is 23.1. The molecule has 0 heterocycles. The summed E-state index contributed by atoms with van der Waals surface area (Å²) in [6.45, 7) is 23.0. The van der Waals surface area contributed by atoms with Gasteiger partial charge in [0.15, 0.2) is 29.4 Å². The fourth-order valence-electron chi connectivity index (χ4n) is 8.57. The highest BCUT2D eigenvalue weighted by Gasteiger charge is 2.45. The molecule has 0 radical (unpaired) electrons. The molecule has 100 heavy (non-hydrogen) atoms. The van der Waals surface area contributed by atoms with E-state index in [0.29, 0.717) is 5.75 Å². The number of carbonyl (C=O) groups excluding carboxylic acids is 2. The number of alkyl halides is 4. The van der Waals surface area contributed by atoms with Crippen LogP contribution in [-0.2, 0) is 59.6 Å². The van der Waals surface area contributed by atoms with E-state index < -0.39 is 53.3 Å². The lowest BCUT2D eigenvalue weighted by molar-refractivity contribution is -0.777. The van der Waals surface area contributed by atoms with Crippen molar-refractivity contribution >= 4 is 68.6 Å². The molecule has 0 aromatic heterocycles. The van der Waals surface area contributed by atoms with Gasteiger partial charge in [0.2, 0.25) is 6.79 Å². The molecule has 11 nitrogen and oxygen atoms in total. The van der Waals surface area contributed by atoms with Gasteiger partial charge in [-0.15, -0.1) is 0 Å². The third-order valence-corrected chi connectivity index (χ3v) is 17.6. The summed E-state index contributed by atoms with van der Waals surface area (Å²) in [5, 5.41) is 18.1. The van der Waals surface area contributed by atoms with E-state index in [1.54, 1.807) is 24.3 Å². The molecule has 10 aromatic rings. The van der Waals surface area contributed by atoms with Crippen LogP contribution in [0, 0.1) is 0 Å². The Balaban J connectivity index is -0.00000118. The Morgan fingerprint density at radius 1 is 0.370 bits per heavy atom. The quantitative estimate of drug-likeness (QED) is 0.0144. The molecule has 0 atom stereocenters. The van der Waals surface area contributed by atoms with Crippen molar-refractivity contribution in [1.82, 2.24) is 0 Å². The zero-order chi connectivity index (χ0) is 71.0. The summed E-state index contributed by atoms with van der Waals surface area (Å²) in [6, 6.07) is 91.8. The van der Waals surface area contributed by atoms with E-state index in [9.17, 15) is 37.7 Å². The second kappa shape index (κ2) is 56.8. The molecule has 0 bridgehead atoms. The molecule has 0 fully saturated rings. The molecule has 0 spiro atoms. The fraction of sp³-hybridized carbons (Fsp3) is 0.259. The highest BCUT2D eigenvalue weighted by Crippen LogP contribution is 2.45. The van der Waals surface area contributed by atoms with Crippen molar-refractivity contribution in [2.45, 2.75) is 159 Å². The van der Waals surface area contributed by atoms with Gasteiger partial charge in [-0.1, -0.05) is 307 Å². The Kier molecular flexibility index (Phi) is 54.7. The van der Waals surface area contributed by atoms with Gasteiger partial charge in [-0.05, 0) is 107 Å². The van der Waals surface area contributed by atoms with Crippen LogP contribution in [0.15, 0.2) is 302 Å². The first-order valence-electron chi connectivity index (χ1n) is 31.5. The maximum absolute atomic E-state index is 13.4. The van der Waals surface area contributed by atoms with Gasteiger partial charge in [-0.2, -0.15) is 26.2 Å². The summed E-state index contributed by atoms with van der Waals surface area (Å²) in [4.78, 5) is 30.8.